The predicted molar refractivity (Wildman–Crippen MR) is 51.1 cm³/mol. The van der Waals surface area contributed by atoms with Crippen LogP contribution in [0.1, 0.15) is 6.42 Å². The molecule has 0 saturated heterocycles. The number of hydrogen-bond donors (Lipinski definition) is 2. The van der Waals surface area contributed by atoms with Crippen LogP contribution in [0.5, 0.6) is 0 Å². The molecule has 1 amide bonds. The number of rotatable bonds is 2. The van der Waals surface area contributed by atoms with Crippen LogP contribution in [-0.2, 0) is 4.79 Å². The van der Waals surface area contributed by atoms with Crippen LogP contribution in [0.15, 0.2) is 18.2 Å². The standard InChI is InChI=1S/C10H10F2N2O/c11-7-2-1-5(3-8(7)12)14-10(15)6-4-9(6)13/h1-3,6,9H,4,13H2,(H,14,15). The maximum Gasteiger partial charge on any atom is 0.229 e. The maximum atomic E-state index is 12.8. The van der Waals surface area contributed by atoms with Crippen LogP contribution in [-0.4, -0.2) is 11.9 Å². The molecular formula is C10H10F2N2O. The summed E-state index contributed by atoms with van der Waals surface area (Å²) in [4.78, 5) is 11.4. The Balaban J connectivity index is 2.04. The Kier molecular flexibility index (Phi) is 2.40. The first-order valence-corrected chi connectivity index (χ1v) is 4.59. The summed E-state index contributed by atoms with van der Waals surface area (Å²) in [5, 5.41) is 2.48. The van der Waals surface area contributed by atoms with Crippen molar-refractivity contribution in [2.45, 2.75) is 12.5 Å². The van der Waals surface area contributed by atoms with E-state index in [1.54, 1.807) is 0 Å². The van der Waals surface area contributed by atoms with Gasteiger partial charge in [0.25, 0.3) is 0 Å². The van der Waals surface area contributed by atoms with Crippen LogP contribution in [0.4, 0.5) is 14.5 Å². The molecule has 1 fully saturated rings. The van der Waals surface area contributed by atoms with Crippen molar-refractivity contribution in [3.8, 4) is 0 Å². The average Bonchev–Trinajstić information content (AvgIpc) is 2.89. The monoisotopic (exact) mass is 212 g/mol. The zero-order valence-electron chi connectivity index (χ0n) is 7.84. The summed E-state index contributed by atoms with van der Waals surface area (Å²) in [5.74, 6) is -2.35. The zero-order valence-corrected chi connectivity index (χ0v) is 7.84. The molecule has 3 nitrogen and oxygen atoms in total. The molecule has 2 unspecified atom stereocenters. The number of anilines is 1. The van der Waals surface area contributed by atoms with E-state index < -0.39 is 11.6 Å². The zero-order chi connectivity index (χ0) is 11.0. The number of nitrogens with two attached hydrogens (primary N) is 1. The fourth-order valence-corrected chi connectivity index (χ4v) is 1.32. The molecule has 1 saturated carbocycles. The summed E-state index contributed by atoms with van der Waals surface area (Å²) in [6.45, 7) is 0. The highest BCUT2D eigenvalue weighted by Gasteiger charge is 2.39. The molecule has 0 aliphatic heterocycles. The molecule has 0 aromatic heterocycles. The summed E-state index contributed by atoms with van der Waals surface area (Å²) in [5.41, 5.74) is 5.73. The Morgan fingerprint density at radius 3 is 2.60 bits per heavy atom. The quantitative estimate of drug-likeness (QED) is 0.775. The van der Waals surface area contributed by atoms with Crippen molar-refractivity contribution in [1.82, 2.24) is 0 Å². The van der Waals surface area contributed by atoms with Gasteiger partial charge in [0.05, 0.1) is 5.92 Å². The van der Waals surface area contributed by atoms with Crippen molar-refractivity contribution in [1.29, 1.82) is 0 Å². The maximum absolute atomic E-state index is 12.8. The van der Waals surface area contributed by atoms with E-state index in [-0.39, 0.29) is 23.6 Å². The Morgan fingerprint density at radius 1 is 1.40 bits per heavy atom. The highest BCUT2D eigenvalue weighted by atomic mass is 19.2. The van der Waals surface area contributed by atoms with Crippen LogP contribution >= 0.6 is 0 Å². The van der Waals surface area contributed by atoms with Gasteiger partial charge in [0.2, 0.25) is 5.91 Å². The second-order valence-corrected chi connectivity index (χ2v) is 3.62. The fourth-order valence-electron chi connectivity index (χ4n) is 1.32. The molecule has 1 aromatic carbocycles. The molecule has 1 aromatic rings. The molecule has 0 bridgehead atoms. The largest absolute Gasteiger partial charge is 0.327 e. The summed E-state index contributed by atoms with van der Waals surface area (Å²) in [6, 6.07) is 3.12. The molecule has 3 N–H and O–H groups in total. The summed E-state index contributed by atoms with van der Waals surface area (Å²) >= 11 is 0. The van der Waals surface area contributed by atoms with Crippen molar-refractivity contribution in [2.24, 2.45) is 11.7 Å². The topological polar surface area (TPSA) is 55.1 Å². The van der Waals surface area contributed by atoms with E-state index in [4.69, 9.17) is 5.73 Å². The van der Waals surface area contributed by atoms with Crippen molar-refractivity contribution in [3.05, 3.63) is 29.8 Å². The second kappa shape index (κ2) is 3.58. The van der Waals surface area contributed by atoms with Gasteiger partial charge in [0, 0.05) is 17.8 Å². The molecule has 2 rings (SSSR count). The van der Waals surface area contributed by atoms with Gasteiger partial charge in [0.1, 0.15) is 0 Å². The Morgan fingerprint density at radius 2 is 2.07 bits per heavy atom. The first-order chi connectivity index (χ1) is 7.08. The van der Waals surface area contributed by atoms with E-state index in [0.717, 1.165) is 12.1 Å². The van der Waals surface area contributed by atoms with Crippen LogP contribution in [0.25, 0.3) is 0 Å². The van der Waals surface area contributed by atoms with E-state index in [1.165, 1.54) is 6.07 Å². The lowest BCUT2D eigenvalue weighted by Gasteiger charge is -2.04. The number of benzene rings is 1. The van der Waals surface area contributed by atoms with Crippen LogP contribution < -0.4 is 11.1 Å². The van der Waals surface area contributed by atoms with Crippen LogP contribution in [0.3, 0.4) is 0 Å². The molecule has 0 heterocycles. The number of carbonyl (C=O) groups is 1. The van der Waals surface area contributed by atoms with E-state index in [0.29, 0.717) is 6.42 Å². The van der Waals surface area contributed by atoms with Gasteiger partial charge in [-0.05, 0) is 18.6 Å². The molecule has 5 heteroatoms. The van der Waals surface area contributed by atoms with E-state index in [9.17, 15) is 13.6 Å². The third kappa shape index (κ3) is 2.12. The lowest BCUT2D eigenvalue weighted by Crippen LogP contribution is -2.18. The van der Waals surface area contributed by atoms with Gasteiger partial charge in [-0.1, -0.05) is 0 Å². The van der Waals surface area contributed by atoms with Gasteiger partial charge in [-0.25, -0.2) is 8.78 Å². The molecule has 1 aliphatic carbocycles. The van der Waals surface area contributed by atoms with E-state index in [1.807, 2.05) is 0 Å². The van der Waals surface area contributed by atoms with Crippen LogP contribution in [0.2, 0.25) is 0 Å². The highest BCUT2D eigenvalue weighted by Crippen LogP contribution is 2.29. The third-order valence-electron chi connectivity index (χ3n) is 2.36. The summed E-state index contributed by atoms with van der Waals surface area (Å²) in [7, 11) is 0. The SMILES string of the molecule is NC1CC1C(=O)Nc1ccc(F)c(F)c1. The fraction of sp³-hybridized carbons (Fsp3) is 0.300. The first kappa shape index (κ1) is 10.0. The van der Waals surface area contributed by atoms with Gasteiger partial charge in [-0.2, -0.15) is 0 Å². The smallest absolute Gasteiger partial charge is 0.229 e. The van der Waals surface area contributed by atoms with Crippen molar-refractivity contribution < 1.29 is 13.6 Å². The Bertz CT molecular complexity index is 408. The lowest BCUT2D eigenvalue weighted by molar-refractivity contribution is -0.117. The molecule has 1 aliphatic rings. The van der Waals surface area contributed by atoms with Crippen molar-refractivity contribution >= 4 is 11.6 Å². The van der Waals surface area contributed by atoms with Gasteiger partial charge >= 0.3 is 0 Å². The van der Waals surface area contributed by atoms with Crippen LogP contribution in [0, 0.1) is 17.6 Å². The minimum atomic E-state index is -0.979. The van der Waals surface area contributed by atoms with E-state index in [2.05, 4.69) is 5.32 Å². The van der Waals surface area contributed by atoms with Gasteiger partial charge < -0.3 is 11.1 Å². The minimum Gasteiger partial charge on any atom is -0.327 e. The average molecular weight is 212 g/mol. The van der Waals surface area contributed by atoms with Crippen molar-refractivity contribution in [3.63, 3.8) is 0 Å². The summed E-state index contributed by atoms with van der Waals surface area (Å²) in [6.07, 6.45) is 0.648. The predicted octanol–water partition coefficient (Wildman–Crippen LogP) is 1.25. The Labute approximate surface area is 85.3 Å². The number of halogens is 2. The molecule has 15 heavy (non-hydrogen) atoms. The molecule has 2 atom stereocenters. The number of amides is 1. The normalized spacial score (nSPS) is 23.7. The summed E-state index contributed by atoms with van der Waals surface area (Å²) < 4.78 is 25.3. The molecule has 0 spiro atoms. The Hall–Kier alpha value is -1.49. The number of hydrogen-bond acceptors (Lipinski definition) is 2. The third-order valence-corrected chi connectivity index (χ3v) is 2.36. The van der Waals surface area contributed by atoms with Gasteiger partial charge in [0.15, 0.2) is 11.6 Å². The number of nitrogens with one attached hydrogen (secondary N) is 1. The highest BCUT2D eigenvalue weighted by molar-refractivity contribution is 5.94. The van der Waals surface area contributed by atoms with Crippen molar-refractivity contribution in [2.75, 3.05) is 5.32 Å². The molecular weight excluding hydrogens is 202 g/mol. The first-order valence-electron chi connectivity index (χ1n) is 4.59. The second-order valence-electron chi connectivity index (χ2n) is 3.62. The molecule has 0 radical (unpaired) electrons. The minimum absolute atomic E-state index is 0.102. The lowest BCUT2D eigenvalue weighted by atomic mass is 10.3. The number of carbonyl (C=O) groups excluding carboxylic acids is 1. The van der Waals surface area contributed by atoms with Gasteiger partial charge in [-0.15, -0.1) is 0 Å². The molecule has 80 valence electrons. The van der Waals surface area contributed by atoms with Gasteiger partial charge in [-0.3, -0.25) is 4.79 Å². The van der Waals surface area contributed by atoms with E-state index >= 15 is 0 Å².